The number of methoxy groups -OCH3 is 1. The molecule has 1 aromatic rings. The fourth-order valence-corrected chi connectivity index (χ4v) is 2.43. The van der Waals surface area contributed by atoms with Crippen LogP contribution in [0.4, 0.5) is 5.69 Å². The zero-order chi connectivity index (χ0) is 14.2. The van der Waals surface area contributed by atoms with Crippen LogP contribution in [0.5, 0.6) is 5.75 Å². The minimum atomic E-state index is -0.632. The van der Waals surface area contributed by atoms with Crippen LogP contribution in [-0.4, -0.2) is 32.2 Å². The predicted molar refractivity (Wildman–Crippen MR) is 75.1 cm³/mol. The molecule has 0 bridgehead atoms. The summed E-state index contributed by atoms with van der Waals surface area (Å²) in [6.07, 6.45) is -0.632. The molecule has 7 heteroatoms. The van der Waals surface area contributed by atoms with Gasteiger partial charge < -0.3 is 9.47 Å². The number of fused-ring (bicyclic) bond motifs is 1. The Hall–Kier alpha value is -1.35. The SMILES string of the molecule is COC(=O)c1cc2c(cc1I)O[C@H](C)C(=O)N2OC. The van der Waals surface area contributed by atoms with Crippen molar-refractivity contribution in [3.05, 3.63) is 21.3 Å². The van der Waals surface area contributed by atoms with Crippen molar-refractivity contribution in [3.63, 3.8) is 0 Å². The Morgan fingerprint density at radius 1 is 1.42 bits per heavy atom. The first-order valence-corrected chi connectivity index (χ1v) is 6.54. The summed E-state index contributed by atoms with van der Waals surface area (Å²) in [5.41, 5.74) is 0.751. The van der Waals surface area contributed by atoms with Crippen LogP contribution < -0.4 is 9.80 Å². The van der Waals surface area contributed by atoms with Crippen LogP contribution in [0.15, 0.2) is 12.1 Å². The molecule has 0 unspecified atom stereocenters. The Morgan fingerprint density at radius 2 is 2.11 bits per heavy atom. The summed E-state index contributed by atoms with van der Waals surface area (Å²) in [4.78, 5) is 28.6. The second kappa shape index (κ2) is 5.33. The van der Waals surface area contributed by atoms with Crippen molar-refractivity contribution in [2.45, 2.75) is 13.0 Å². The van der Waals surface area contributed by atoms with Gasteiger partial charge in [0.1, 0.15) is 11.4 Å². The molecule has 0 fully saturated rings. The molecule has 0 saturated carbocycles. The number of carbonyl (C=O) groups is 2. The minimum Gasteiger partial charge on any atom is -0.478 e. The van der Waals surface area contributed by atoms with E-state index in [-0.39, 0.29) is 5.91 Å². The molecule has 19 heavy (non-hydrogen) atoms. The number of rotatable bonds is 2. The number of ether oxygens (including phenoxy) is 2. The normalized spacial score (nSPS) is 17.8. The monoisotopic (exact) mass is 377 g/mol. The lowest BCUT2D eigenvalue weighted by atomic mass is 10.1. The van der Waals surface area contributed by atoms with Gasteiger partial charge in [0.2, 0.25) is 0 Å². The number of amides is 1. The molecular formula is C12H12INO5. The van der Waals surface area contributed by atoms with Gasteiger partial charge in [-0.1, -0.05) is 0 Å². The molecule has 0 N–H and O–H groups in total. The van der Waals surface area contributed by atoms with Gasteiger partial charge in [-0.25, -0.2) is 4.79 Å². The average Bonchev–Trinajstić information content (AvgIpc) is 2.39. The summed E-state index contributed by atoms with van der Waals surface area (Å²) in [6, 6.07) is 3.20. The Labute approximate surface area is 123 Å². The molecule has 0 radical (unpaired) electrons. The molecule has 1 amide bonds. The zero-order valence-corrected chi connectivity index (χ0v) is 12.8. The number of hydrogen-bond acceptors (Lipinski definition) is 5. The van der Waals surface area contributed by atoms with E-state index >= 15 is 0 Å². The van der Waals surface area contributed by atoms with Crippen LogP contribution >= 0.6 is 22.6 Å². The van der Waals surface area contributed by atoms with E-state index in [9.17, 15) is 9.59 Å². The number of benzene rings is 1. The van der Waals surface area contributed by atoms with Gasteiger partial charge in [0, 0.05) is 3.57 Å². The fraction of sp³-hybridized carbons (Fsp3) is 0.333. The Morgan fingerprint density at radius 3 is 2.68 bits per heavy atom. The number of anilines is 1. The first kappa shape index (κ1) is 14.1. The van der Waals surface area contributed by atoms with Crippen LogP contribution in [0.3, 0.4) is 0 Å². The number of hydrogen-bond donors (Lipinski definition) is 0. The van der Waals surface area contributed by atoms with Crippen molar-refractivity contribution in [3.8, 4) is 5.75 Å². The fourth-order valence-electron chi connectivity index (χ4n) is 1.78. The molecule has 102 valence electrons. The summed E-state index contributed by atoms with van der Waals surface area (Å²) in [6.45, 7) is 1.64. The summed E-state index contributed by atoms with van der Waals surface area (Å²) in [7, 11) is 2.69. The number of carbonyl (C=O) groups excluding carboxylic acids is 2. The molecule has 0 spiro atoms. The van der Waals surface area contributed by atoms with E-state index in [1.807, 2.05) is 22.6 Å². The molecule has 1 atom stereocenters. The topological polar surface area (TPSA) is 65.1 Å². The molecule has 0 aliphatic carbocycles. The molecule has 1 aliphatic rings. The van der Waals surface area contributed by atoms with Gasteiger partial charge in [0.15, 0.2) is 6.10 Å². The summed E-state index contributed by atoms with van der Waals surface area (Å²) < 4.78 is 10.9. The van der Waals surface area contributed by atoms with Crippen LogP contribution in [0.25, 0.3) is 0 Å². The van der Waals surface area contributed by atoms with Gasteiger partial charge in [0.25, 0.3) is 5.91 Å². The number of nitrogens with zero attached hydrogens (tertiary/aromatic N) is 1. The first-order chi connectivity index (χ1) is 8.99. The minimum absolute atomic E-state index is 0.327. The number of esters is 1. The highest BCUT2D eigenvalue weighted by Crippen LogP contribution is 2.37. The Bertz CT molecular complexity index is 545. The van der Waals surface area contributed by atoms with E-state index in [4.69, 9.17) is 14.3 Å². The molecule has 1 heterocycles. The van der Waals surface area contributed by atoms with Crippen molar-refractivity contribution >= 4 is 40.2 Å². The van der Waals surface area contributed by atoms with E-state index in [0.717, 1.165) is 5.06 Å². The second-order valence-electron chi connectivity index (χ2n) is 3.87. The predicted octanol–water partition coefficient (Wildman–Crippen LogP) is 1.75. The van der Waals surface area contributed by atoms with Crippen molar-refractivity contribution in [2.24, 2.45) is 0 Å². The highest BCUT2D eigenvalue weighted by Gasteiger charge is 2.33. The van der Waals surface area contributed by atoms with Crippen LogP contribution in [-0.2, 0) is 14.4 Å². The van der Waals surface area contributed by atoms with Crippen molar-refractivity contribution < 1.29 is 23.9 Å². The quantitative estimate of drug-likeness (QED) is 0.581. The van der Waals surface area contributed by atoms with E-state index in [1.54, 1.807) is 13.0 Å². The third-order valence-electron chi connectivity index (χ3n) is 2.71. The Balaban J connectivity index is 2.56. The number of halogens is 1. The lowest BCUT2D eigenvalue weighted by Gasteiger charge is -2.31. The highest BCUT2D eigenvalue weighted by atomic mass is 127. The lowest BCUT2D eigenvalue weighted by Crippen LogP contribution is -2.43. The molecule has 0 saturated heterocycles. The van der Waals surface area contributed by atoms with Crippen LogP contribution in [0, 0.1) is 3.57 Å². The van der Waals surface area contributed by atoms with Crippen LogP contribution in [0.1, 0.15) is 17.3 Å². The summed E-state index contributed by atoms with van der Waals surface area (Å²) in [5, 5.41) is 1.12. The van der Waals surface area contributed by atoms with E-state index in [1.165, 1.54) is 20.3 Å². The van der Waals surface area contributed by atoms with Crippen molar-refractivity contribution in [2.75, 3.05) is 19.3 Å². The van der Waals surface area contributed by atoms with Gasteiger partial charge in [-0.15, -0.1) is 0 Å². The van der Waals surface area contributed by atoms with Gasteiger partial charge in [0.05, 0.1) is 19.8 Å². The summed E-state index contributed by atoms with van der Waals surface area (Å²) in [5.74, 6) is -0.313. The van der Waals surface area contributed by atoms with Gasteiger partial charge in [-0.05, 0) is 41.6 Å². The zero-order valence-electron chi connectivity index (χ0n) is 10.6. The largest absolute Gasteiger partial charge is 0.478 e. The third kappa shape index (κ3) is 2.39. The smallest absolute Gasteiger partial charge is 0.339 e. The van der Waals surface area contributed by atoms with E-state index in [0.29, 0.717) is 20.6 Å². The average molecular weight is 377 g/mol. The first-order valence-electron chi connectivity index (χ1n) is 5.46. The van der Waals surface area contributed by atoms with Crippen LogP contribution in [0.2, 0.25) is 0 Å². The van der Waals surface area contributed by atoms with Gasteiger partial charge in [-0.3, -0.25) is 9.63 Å². The van der Waals surface area contributed by atoms with E-state index < -0.39 is 12.1 Å². The molecule has 1 aliphatic heterocycles. The standard InChI is InChI=1S/C12H12INO5/c1-6-11(15)14(18-3)9-4-7(12(16)17-2)8(13)5-10(9)19-6/h4-6H,1-3H3/t6-/m1/s1. The maximum atomic E-state index is 11.9. The summed E-state index contributed by atoms with van der Waals surface area (Å²) >= 11 is 2.01. The van der Waals surface area contributed by atoms with Crippen molar-refractivity contribution in [1.82, 2.24) is 0 Å². The Kier molecular flexibility index (Phi) is 3.95. The van der Waals surface area contributed by atoms with Crippen molar-refractivity contribution in [1.29, 1.82) is 0 Å². The molecule has 6 nitrogen and oxygen atoms in total. The maximum absolute atomic E-state index is 11.9. The number of hydroxylamine groups is 1. The molecule has 0 aromatic heterocycles. The lowest BCUT2D eigenvalue weighted by molar-refractivity contribution is -0.132. The van der Waals surface area contributed by atoms with Gasteiger partial charge in [-0.2, -0.15) is 5.06 Å². The third-order valence-corrected chi connectivity index (χ3v) is 3.60. The second-order valence-corrected chi connectivity index (χ2v) is 5.03. The molecule has 2 rings (SSSR count). The van der Waals surface area contributed by atoms with E-state index in [2.05, 4.69) is 0 Å². The molecule has 1 aromatic carbocycles. The van der Waals surface area contributed by atoms with Gasteiger partial charge >= 0.3 is 5.97 Å². The maximum Gasteiger partial charge on any atom is 0.339 e. The highest BCUT2D eigenvalue weighted by molar-refractivity contribution is 14.1. The molecular weight excluding hydrogens is 365 g/mol.